The summed E-state index contributed by atoms with van der Waals surface area (Å²) in [6.45, 7) is 3.91. The van der Waals surface area contributed by atoms with Crippen molar-refractivity contribution in [3.8, 4) is 5.75 Å². The van der Waals surface area contributed by atoms with Crippen molar-refractivity contribution in [3.63, 3.8) is 0 Å². The van der Waals surface area contributed by atoms with Crippen molar-refractivity contribution in [1.82, 2.24) is 0 Å². The highest BCUT2D eigenvalue weighted by molar-refractivity contribution is 6.07. The fourth-order valence-electron chi connectivity index (χ4n) is 2.87. The molecule has 0 aliphatic carbocycles. The maximum atomic E-state index is 12.5. The first-order chi connectivity index (χ1) is 13.5. The van der Waals surface area contributed by atoms with Crippen LogP contribution >= 0.6 is 0 Å². The number of ether oxygens (including phenoxy) is 1. The molecule has 0 unspecified atom stereocenters. The van der Waals surface area contributed by atoms with E-state index in [0.29, 0.717) is 22.6 Å². The summed E-state index contributed by atoms with van der Waals surface area (Å²) in [4.78, 5) is 25.0. The Kier molecular flexibility index (Phi) is 5.75. The summed E-state index contributed by atoms with van der Waals surface area (Å²) in [7, 11) is 1.57. The molecule has 0 bridgehead atoms. The van der Waals surface area contributed by atoms with Gasteiger partial charge >= 0.3 is 0 Å². The predicted octanol–water partition coefficient (Wildman–Crippen LogP) is 4.82. The van der Waals surface area contributed by atoms with Crippen LogP contribution in [0.3, 0.4) is 0 Å². The summed E-state index contributed by atoms with van der Waals surface area (Å²) in [5.74, 6) is 0.198. The number of aryl methyl sites for hydroxylation is 2. The predicted molar refractivity (Wildman–Crippen MR) is 111 cm³/mol. The van der Waals surface area contributed by atoms with Gasteiger partial charge in [0.1, 0.15) is 5.75 Å². The molecule has 0 heterocycles. The first-order valence-corrected chi connectivity index (χ1v) is 8.91. The third-order valence-corrected chi connectivity index (χ3v) is 4.46. The second kappa shape index (κ2) is 8.39. The average molecular weight is 374 g/mol. The molecule has 2 N–H and O–H groups in total. The van der Waals surface area contributed by atoms with Crippen LogP contribution in [0.2, 0.25) is 0 Å². The van der Waals surface area contributed by atoms with Gasteiger partial charge in [0.05, 0.1) is 7.11 Å². The summed E-state index contributed by atoms with van der Waals surface area (Å²) < 4.78 is 5.15. The van der Waals surface area contributed by atoms with Gasteiger partial charge < -0.3 is 15.4 Å². The molecule has 0 aromatic heterocycles. The number of amides is 2. The number of rotatable bonds is 5. The minimum atomic E-state index is -0.255. The number of benzene rings is 3. The average Bonchev–Trinajstić information content (AvgIpc) is 2.71. The zero-order valence-electron chi connectivity index (χ0n) is 16.1. The Morgan fingerprint density at radius 3 is 1.86 bits per heavy atom. The lowest BCUT2D eigenvalue weighted by Crippen LogP contribution is -2.15. The molecular weight excluding hydrogens is 352 g/mol. The Balaban J connectivity index is 1.70. The van der Waals surface area contributed by atoms with Crippen LogP contribution in [0.5, 0.6) is 5.75 Å². The molecule has 0 saturated heterocycles. The number of anilines is 2. The molecule has 0 fully saturated rings. The molecular formula is C23H22N2O3. The summed E-state index contributed by atoms with van der Waals surface area (Å²) in [5, 5.41) is 5.76. The number of carbonyl (C=O) groups excluding carboxylic acids is 2. The molecule has 5 heteroatoms. The standard InChI is InChI=1S/C23H22N2O3/c1-15-6-4-7-16(2)21(15)25-23(27)18-12-10-17(11-13-18)22(26)24-19-8-5-9-20(14-19)28-3/h4-14H,1-3H3,(H,24,26)(H,25,27). The third kappa shape index (κ3) is 4.38. The Morgan fingerprint density at radius 2 is 1.29 bits per heavy atom. The second-order valence-corrected chi connectivity index (χ2v) is 6.48. The Bertz CT molecular complexity index is 990. The van der Waals surface area contributed by atoms with Gasteiger partial charge in [0, 0.05) is 28.6 Å². The fourth-order valence-corrected chi connectivity index (χ4v) is 2.87. The molecule has 0 aliphatic rings. The third-order valence-electron chi connectivity index (χ3n) is 4.46. The van der Waals surface area contributed by atoms with E-state index in [1.165, 1.54) is 0 Å². The second-order valence-electron chi connectivity index (χ2n) is 6.48. The SMILES string of the molecule is COc1cccc(NC(=O)c2ccc(C(=O)Nc3c(C)cccc3C)cc2)c1. The lowest BCUT2D eigenvalue weighted by Gasteiger charge is -2.12. The molecule has 142 valence electrons. The van der Waals surface area contributed by atoms with Gasteiger partial charge in [-0.15, -0.1) is 0 Å². The number of methoxy groups -OCH3 is 1. The van der Waals surface area contributed by atoms with Crippen molar-refractivity contribution in [2.75, 3.05) is 17.7 Å². The maximum absolute atomic E-state index is 12.5. The molecule has 3 rings (SSSR count). The summed E-state index contributed by atoms with van der Waals surface area (Å²) >= 11 is 0. The van der Waals surface area contributed by atoms with Gasteiger partial charge in [0.25, 0.3) is 11.8 Å². The van der Waals surface area contributed by atoms with Crippen LogP contribution in [-0.4, -0.2) is 18.9 Å². The Morgan fingerprint density at radius 1 is 0.750 bits per heavy atom. The van der Waals surface area contributed by atoms with Crippen LogP contribution in [0.1, 0.15) is 31.8 Å². The Labute approximate surface area is 164 Å². The minimum absolute atomic E-state index is 0.211. The fraction of sp³-hybridized carbons (Fsp3) is 0.130. The first kappa shape index (κ1) is 19.2. The van der Waals surface area contributed by atoms with E-state index in [1.807, 2.05) is 32.0 Å². The van der Waals surface area contributed by atoms with Crippen LogP contribution in [-0.2, 0) is 0 Å². The number of carbonyl (C=O) groups is 2. The van der Waals surface area contributed by atoms with E-state index in [1.54, 1.807) is 55.6 Å². The number of hydrogen-bond acceptors (Lipinski definition) is 3. The van der Waals surface area contributed by atoms with Crippen LogP contribution < -0.4 is 15.4 Å². The molecule has 0 radical (unpaired) electrons. The van der Waals surface area contributed by atoms with E-state index in [4.69, 9.17) is 4.74 Å². The number of para-hydroxylation sites is 1. The highest BCUT2D eigenvalue weighted by Crippen LogP contribution is 2.21. The van der Waals surface area contributed by atoms with Crippen LogP contribution in [0.15, 0.2) is 66.7 Å². The van der Waals surface area contributed by atoms with Crippen molar-refractivity contribution in [2.45, 2.75) is 13.8 Å². The van der Waals surface area contributed by atoms with Crippen molar-refractivity contribution >= 4 is 23.2 Å². The maximum Gasteiger partial charge on any atom is 0.255 e. The zero-order chi connectivity index (χ0) is 20.1. The van der Waals surface area contributed by atoms with Gasteiger partial charge in [0.2, 0.25) is 0 Å². The molecule has 3 aromatic carbocycles. The number of hydrogen-bond donors (Lipinski definition) is 2. The van der Waals surface area contributed by atoms with Crippen molar-refractivity contribution in [1.29, 1.82) is 0 Å². The molecule has 5 nitrogen and oxygen atoms in total. The van der Waals surface area contributed by atoms with Gasteiger partial charge in [-0.05, 0) is 61.4 Å². The van der Waals surface area contributed by atoms with Gasteiger partial charge in [-0.2, -0.15) is 0 Å². The van der Waals surface area contributed by atoms with E-state index < -0.39 is 0 Å². The van der Waals surface area contributed by atoms with Gasteiger partial charge in [0.15, 0.2) is 0 Å². The zero-order valence-corrected chi connectivity index (χ0v) is 16.1. The lowest BCUT2D eigenvalue weighted by molar-refractivity contribution is 0.101. The first-order valence-electron chi connectivity index (χ1n) is 8.91. The summed E-state index contributed by atoms with van der Waals surface area (Å²) in [6, 6.07) is 19.5. The molecule has 28 heavy (non-hydrogen) atoms. The summed E-state index contributed by atoms with van der Waals surface area (Å²) in [6.07, 6.45) is 0. The summed E-state index contributed by atoms with van der Waals surface area (Å²) in [5.41, 5.74) is 4.41. The monoisotopic (exact) mass is 374 g/mol. The van der Waals surface area contributed by atoms with Crippen LogP contribution in [0.4, 0.5) is 11.4 Å². The molecule has 2 amide bonds. The number of nitrogens with one attached hydrogen (secondary N) is 2. The highest BCUT2D eigenvalue weighted by atomic mass is 16.5. The van der Waals surface area contributed by atoms with Gasteiger partial charge in [-0.1, -0.05) is 24.3 Å². The molecule has 0 saturated carbocycles. The topological polar surface area (TPSA) is 67.4 Å². The normalized spacial score (nSPS) is 10.2. The molecule has 0 spiro atoms. The smallest absolute Gasteiger partial charge is 0.255 e. The van der Waals surface area contributed by atoms with Crippen molar-refractivity contribution in [3.05, 3.63) is 89.0 Å². The van der Waals surface area contributed by atoms with Gasteiger partial charge in [-0.3, -0.25) is 9.59 Å². The van der Waals surface area contributed by atoms with E-state index in [-0.39, 0.29) is 11.8 Å². The van der Waals surface area contributed by atoms with Gasteiger partial charge in [-0.25, -0.2) is 0 Å². The highest BCUT2D eigenvalue weighted by Gasteiger charge is 2.12. The minimum Gasteiger partial charge on any atom is -0.497 e. The van der Waals surface area contributed by atoms with Crippen LogP contribution in [0.25, 0.3) is 0 Å². The molecule has 3 aromatic rings. The van der Waals surface area contributed by atoms with E-state index in [0.717, 1.165) is 16.8 Å². The van der Waals surface area contributed by atoms with Crippen molar-refractivity contribution < 1.29 is 14.3 Å². The largest absolute Gasteiger partial charge is 0.497 e. The molecule has 0 atom stereocenters. The Hall–Kier alpha value is -3.60. The molecule has 0 aliphatic heterocycles. The van der Waals surface area contributed by atoms with E-state index in [2.05, 4.69) is 10.6 Å². The quantitative estimate of drug-likeness (QED) is 0.673. The van der Waals surface area contributed by atoms with Crippen molar-refractivity contribution in [2.24, 2.45) is 0 Å². The lowest BCUT2D eigenvalue weighted by atomic mass is 10.1. The van der Waals surface area contributed by atoms with Crippen LogP contribution in [0, 0.1) is 13.8 Å². The van der Waals surface area contributed by atoms with E-state index >= 15 is 0 Å². The van der Waals surface area contributed by atoms with E-state index in [9.17, 15) is 9.59 Å².